The summed E-state index contributed by atoms with van der Waals surface area (Å²) in [5, 5.41) is 2.73. The highest BCUT2D eigenvalue weighted by Crippen LogP contribution is 2.12. The summed E-state index contributed by atoms with van der Waals surface area (Å²) >= 11 is 0. The molecule has 1 aromatic rings. The zero-order chi connectivity index (χ0) is 12.0. The molecule has 0 atom stereocenters. The van der Waals surface area contributed by atoms with E-state index in [4.69, 9.17) is 5.73 Å². The first-order valence-corrected chi connectivity index (χ1v) is 4.59. The van der Waals surface area contributed by atoms with Crippen LogP contribution in [0.15, 0.2) is 30.0 Å². The van der Waals surface area contributed by atoms with Gasteiger partial charge in [-0.15, -0.1) is 30.6 Å². The first kappa shape index (κ1) is 15.8. The highest BCUT2D eigenvalue weighted by molar-refractivity contribution is 14.0. The molecule has 0 aromatic carbocycles. The zero-order valence-electron chi connectivity index (χ0n) is 9.01. The van der Waals surface area contributed by atoms with Gasteiger partial charge in [0, 0.05) is 18.9 Å². The lowest BCUT2D eigenvalue weighted by Gasteiger charge is -2.05. The fourth-order valence-electron chi connectivity index (χ4n) is 1.03. The number of halogens is 3. The fourth-order valence-corrected chi connectivity index (χ4v) is 1.03. The Labute approximate surface area is 115 Å². The molecule has 0 amide bonds. The summed E-state index contributed by atoms with van der Waals surface area (Å²) in [5.74, 6) is 0.335. The van der Waals surface area contributed by atoms with Gasteiger partial charge in [-0.05, 0) is 0 Å². The Morgan fingerprint density at radius 1 is 1.71 bits per heavy atom. The lowest BCUT2D eigenvalue weighted by atomic mass is 10.6. The van der Waals surface area contributed by atoms with Gasteiger partial charge in [0.1, 0.15) is 12.4 Å². The van der Waals surface area contributed by atoms with Crippen LogP contribution in [0.4, 0.5) is 8.78 Å². The Morgan fingerprint density at radius 2 is 2.41 bits per heavy atom. The van der Waals surface area contributed by atoms with Crippen LogP contribution in [-0.4, -0.2) is 22.1 Å². The van der Waals surface area contributed by atoms with Gasteiger partial charge in [0.05, 0.1) is 0 Å². The number of alkyl halides is 2. The second kappa shape index (κ2) is 7.98. The molecule has 3 N–H and O–H groups in total. The number of nitrogens with zero attached hydrogens (tertiary/aromatic N) is 3. The van der Waals surface area contributed by atoms with E-state index in [0.717, 1.165) is 4.57 Å². The number of hydrogen-bond donors (Lipinski definition) is 2. The summed E-state index contributed by atoms with van der Waals surface area (Å²) in [7, 11) is 0. The molecule has 0 bridgehead atoms. The molecule has 0 unspecified atom stereocenters. The summed E-state index contributed by atoms with van der Waals surface area (Å²) in [6.07, 6.45) is 4.11. The number of nitrogens with two attached hydrogens (primary N) is 1. The summed E-state index contributed by atoms with van der Waals surface area (Å²) in [5.41, 5.74) is 5.47. The monoisotopic (exact) mass is 357 g/mol. The predicted molar refractivity (Wildman–Crippen MR) is 72.4 cm³/mol. The molecule has 0 fully saturated rings. The van der Waals surface area contributed by atoms with E-state index in [-0.39, 0.29) is 42.3 Å². The van der Waals surface area contributed by atoms with Gasteiger partial charge < -0.3 is 11.1 Å². The minimum atomic E-state index is -2.62. The first-order valence-electron chi connectivity index (χ1n) is 4.59. The van der Waals surface area contributed by atoms with E-state index in [1.165, 1.54) is 12.4 Å². The molecule has 0 aliphatic heterocycles. The number of rotatable bonds is 5. The standard InChI is InChI=1S/C9H13F2N5.HI/c1-2-3-14-9(12)15-6-7-13-4-5-16(7)8(10)11;/h2,4-5,8H,1,3,6H2,(H3,12,14,15);1H. The fraction of sp³-hybridized carbons (Fsp3) is 0.333. The van der Waals surface area contributed by atoms with Crippen molar-refractivity contribution in [2.24, 2.45) is 10.7 Å². The van der Waals surface area contributed by atoms with E-state index < -0.39 is 6.55 Å². The minimum absolute atomic E-state index is 0. The van der Waals surface area contributed by atoms with Gasteiger partial charge in [0.25, 0.3) is 0 Å². The van der Waals surface area contributed by atoms with Crippen molar-refractivity contribution in [1.29, 1.82) is 0 Å². The van der Waals surface area contributed by atoms with Crippen molar-refractivity contribution in [1.82, 2.24) is 14.9 Å². The van der Waals surface area contributed by atoms with Crippen molar-refractivity contribution >= 4 is 29.9 Å². The van der Waals surface area contributed by atoms with Crippen molar-refractivity contribution in [2.45, 2.75) is 13.1 Å². The van der Waals surface area contributed by atoms with Crippen LogP contribution in [0.3, 0.4) is 0 Å². The molecule has 1 rings (SSSR count). The van der Waals surface area contributed by atoms with Crippen LogP contribution in [0.2, 0.25) is 0 Å². The second-order valence-electron chi connectivity index (χ2n) is 2.90. The molecule has 17 heavy (non-hydrogen) atoms. The number of hydrogen-bond acceptors (Lipinski definition) is 2. The lowest BCUT2D eigenvalue weighted by Crippen LogP contribution is -2.31. The maximum absolute atomic E-state index is 12.4. The average Bonchev–Trinajstić information content (AvgIpc) is 2.71. The number of aliphatic imine (C=N–C) groups is 1. The summed E-state index contributed by atoms with van der Waals surface area (Å²) < 4.78 is 25.5. The van der Waals surface area contributed by atoms with Gasteiger partial charge in [0.15, 0.2) is 5.96 Å². The molecule has 96 valence electrons. The molecule has 1 aromatic heterocycles. The number of nitrogens with one attached hydrogen (secondary N) is 1. The van der Waals surface area contributed by atoms with Crippen molar-refractivity contribution in [3.8, 4) is 0 Å². The molecule has 0 aliphatic rings. The smallest absolute Gasteiger partial charge is 0.319 e. The topological polar surface area (TPSA) is 68.2 Å². The van der Waals surface area contributed by atoms with E-state index in [1.807, 2.05) is 0 Å². The highest BCUT2D eigenvalue weighted by atomic mass is 127. The van der Waals surface area contributed by atoms with Gasteiger partial charge in [-0.1, -0.05) is 6.08 Å². The SMILES string of the molecule is C=CCNC(N)=NCc1nccn1C(F)F.I. The van der Waals surface area contributed by atoms with E-state index in [2.05, 4.69) is 21.9 Å². The van der Waals surface area contributed by atoms with E-state index >= 15 is 0 Å². The van der Waals surface area contributed by atoms with Crippen LogP contribution < -0.4 is 11.1 Å². The van der Waals surface area contributed by atoms with Crippen molar-refractivity contribution < 1.29 is 8.78 Å². The van der Waals surface area contributed by atoms with Crippen LogP contribution in [-0.2, 0) is 6.54 Å². The molecule has 0 saturated carbocycles. The maximum Gasteiger partial charge on any atom is 0.319 e. The van der Waals surface area contributed by atoms with Gasteiger partial charge in [-0.3, -0.25) is 4.57 Å². The first-order chi connectivity index (χ1) is 7.65. The molecule has 0 radical (unpaired) electrons. The summed E-state index contributed by atoms with van der Waals surface area (Å²) in [4.78, 5) is 7.63. The lowest BCUT2D eigenvalue weighted by molar-refractivity contribution is 0.0671. The maximum atomic E-state index is 12.4. The van der Waals surface area contributed by atoms with Crippen LogP contribution in [0.25, 0.3) is 0 Å². The minimum Gasteiger partial charge on any atom is -0.370 e. The molecule has 0 spiro atoms. The third kappa shape index (κ3) is 5.11. The Bertz CT molecular complexity index is 377. The molecule has 8 heteroatoms. The normalized spacial score (nSPS) is 11.1. The van der Waals surface area contributed by atoms with E-state index in [1.54, 1.807) is 6.08 Å². The molecular formula is C9H14F2IN5. The van der Waals surface area contributed by atoms with E-state index in [0.29, 0.717) is 6.54 Å². The van der Waals surface area contributed by atoms with Crippen molar-refractivity contribution in [3.05, 3.63) is 30.9 Å². The van der Waals surface area contributed by atoms with Crippen LogP contribution in [0, 0.1) is 0 Å². The van der Waals surface area contributed by atoms with Crippen molar-refractivity contribution in [3.63, 3.8) is 0 Å². The largest absolute Gasteiger partial charge is 0.370 e. The Hall–Kier alpha value is -1.19. The molecule has 0 aliphatic carbocycles. The summed E-state index contributed by atoms with van der Waals surface area (Å²) in [6, 6.07) is 0. The molecule has 0 saturated heterocycles. The van der Waals surface area contributed by atoms with Crippen LogP contribution >= 0.6 is 24.0 Å². The average molecular weight is 357 g/mol. The number of aromatic nitrogens is 2. The predicted octanol–water partition coefficient (Wildman–Crippen LogP) is 1.49. The summed E-state index contributed by atoms with van der Waals surface area (Å²) in [6.45, 7) is 1.35. The third-order valence-corrected chi connectivity index (χ3v) is 1.78. The Morgan fingerprint density at radius 3 is 3.00 bits per heavy atom. The number of guanidine groups is 1. The molecule has 5 nitrogen and oxygen atoms in total. The Balaban J connectivity index is 0.00000256. The van der Waals surface area contributed by atoms with Gasteiger partial charge in [-0.25, -0.2) is 9.98 Å². The molecular weight excluding hydrogens is 343 g/mol. The van der Waals surface area contributed by atoms with Gasteiger partial charge >= 0.3 is 6.55 Å². The van der Waals surface area contributed by atoms with Gasteiger partial charge in [0.2, 0.25) is 0 Å². The van der Waals surface area contributed by atoms with Crippen molar-refractivity contribution in [2.75, 3.05) is 6.54 Å². The molecule has 1 heterocycles. The number of imidazole rings is 1. The quantitative estimate of drug-likeness (QED) is 0.363. The van der Waals surface area contributed by atoms with Crippen LogP contribution in [0.1, 0.15) is 12.4 Å². The third-order valence-electron chi connectivity index (χ3n) is 1.78. The van der Waals surface area contributed by atoms with E-state index in [9.17, 15) is 8.78 Å². The Kier molecular flexibility index (Phi) is 7.42. The highest BCUT2D eigenvalue weighted by Gasteiger charge is 2.10. The van der Waals surface area contributed by atoms with Crippen LogP contribution in [0.5, 0.6) is 0 Å². The zero-order valence-corrected chi connectivity index (χ0v) is 11.3. The second-order valence-corrected chi connectivity index (χ2v) is 2.90. The van der Waals surface area contributed by atoms with Gasteiger partial charge in [-0.2, -0.15) is 8.78 Å².